The van der Waals surface area contributed by atoms with Crippen molar-refractivity contribution in [3.63, 3.8) is 0 Å². The molecular weight excluding hydrogens is 328 g/mol. The summed E-state index contributed by atoms with van der Waals surface area (Å²) in [5.41, 5.74) is 1.99. The van der Waals surface area contributed by atoms with Crippen LogP contribution in [0.3, 0.4) is 0 Å². The van der Waals surface area contributed by atoms with Gasteiger partial charge in [0.25, 0.3) is 0 Å². The van der Waals surface area contributed by atoms with Gasteiger partial charge in [0.2, 0.25) is 0 Å². The van der Waals surface area contributed by atoms with Gasteiger partial charge in [-0.05, 0) is 36.8 Å². The van der Waals surface area contributed by atoms with Gasteiger partial charge < -0.3 is 0 Å². The second-order valence-corrected chi connectivity index (χ2v) is 10.2. The molecule has 2 aromatic rings. The molecule has 0 aromatic heterocycles. The molecular formula is C22H26O2S. The molecule has 2 aliphatic carbocycles. The van der Waals surface area contributed by atoms with Crippen molar-refractivity contribution in [2.75, 3.05) is 0 Å². The van der Waals surface area contributed by atoms with Crippen LogP contribution in [0.25, 0.3) is 0 Å². The monoisotopic (exact) mass is 354 g/mol. The van der Waals surface area contributed by atoms with Crippen molar-refractivity contribution in [3.05, 3.63) is 71.8 Å². The van der Waals surface area contributed by atoms with Crippen LogP contribution in [0.2, 0.25) is 0 Å². The summed E-state index contributed by atoms with van der Waals surface area (Å²) in [6, 6.07) is 20.0. The van der Waals surface area contributed by atoms with Gasteiger partial charge >= 0.3 is 0 Å². The third-order valence-electron chi connectivity index (χ3n) is 6.45. The molecule has 0 saturated heterocycles. The zero-order valence-corrected chi connectivity index (χ0v) is 15.5. The molecule has 3 heteroatoms. The Morgan fingerprint density at radius 1 is 0.560 bits per heavy atom. The Labute approximate surface area is 151 Å². The zero-order chi connectivity index (χ0) is 17.4. The molecule has 0 unspecified atom stereocenters. The van der Waals surface area contributed by atoms with E-state index >= 15 is 0 Å². The van der Waals surface area contributed by atoms with Crippen LogP contribution in [0, 0.1) is 0 Å². The zero-order valence-electron chi connectivity index (χ0n) is 14.7. The average molecular weight is 355 g/mol. The van der Waals surface area contributed by atoms with E-state index in [4.69, 9.17) is 0 Å². The highest BCUT2D eigenvalue weighted by molar-refractivity contribution is 7.93. The fourth-order valence-electron chi connectivity index (χ4n) is 5.18. The lowest BCUT2D eigenvalue weighted by Gasteiger charge is -2.40. The van der Waals surface area contributed by atoms with Gasteiger partial charge in [0, 0.05) is 0 Å². The second kappa shape index (κ2) is 6.28. The van der Waals surface area contributed by atoms with E-state index < -0.39 is 19.3 Å². The maximum atomic E-state index is 14.3. The first-order chi connectivity index (χ1) is 12.1. The minimum absolute atomic E-state index is 0.714. The van der Waals surface area contributed by atoms with Crippen molar-refractivity contribution in [1.29, 1.82) is 0 Å². The molecule has 0 N–H and O–H groups in total. The largest absolute Gasteiger partial charge is 0.227 e. The van der Waals surface area contributed by atoms with Crippen LogP contribution >= 0.6 is 0 Å². The van der Waals surface area contributed by atoms with E-state index in [0.29, 0.717) is 0 Å². The highest BCUT2D eigenvalue weighted by atomic mass is 32.2. The van der Waals surface area contributed by atoms with Crippen molar-refractivity contribution in [3.8, 4) is 0 Å². The lowest BCUT2D eigenvalue weighted by Crippen LogP contribution is -2.46. The van der Waals surface area contributed by atoms with E-state index in [1.54, 1.807) is 0 Å². The SMILES string of the molecule is O=S(=O)(C1(c2ccccc2)CCCC1)C1(c2ccccc2)CCCC1. The van der Waals surface area contributed by atoms with Crippen molar-refractivity contribution in [1.82, 2.24) is 0 Å². The molecule has 0 heterocycles. The molecule has 0 spiro atoms. The van der Waals surface area contributed by atoms with E-state index in [1.807, 2.05) is 60.7 Å². The topological polar surface area (TPSA) is 34.1 Å². The van der Waals surface area contributed by atoms with Crippen molar-refractivity contribution in [2.45, 2.75) is 60.9 Å². The van der Waals surface area contributed by atoms with Gasteiger partial charge in [-0.1, -0.05) is 86.3 Å². The smallest absolute Gasteiger partial charge is 0.169 e. The number of rotatable bonds is 4. The van der Waals surface area contributed by atoms with Crippen LogP contribution in [-0.4, -0.2) is 8.42 Å². The number of benzene rings is 2. The summed E-state index contributed by atoms with van der Waals surface area (Å²) < 4.78 is 27.1. The fourth-order valence-corrected chi connectivity index (χ4v) is 8.47. The Kier molecular flexibility index (Phi) is 4.23. The summed E-state index contributed by atoms with van der Waals surface area (Å²) in [6.07, 6.45) is 7.03. The maximum absolute atomic E-state index is 14.3. The van der Waals surface area contributed by atoms with E-state index in [0.717, 1.165) is 62.5 Å². The van der Waals surface area contributed by atoms with Gasteiger partial charge in [0.05, 0.1) is 9.49 Å². The number of hydrogen-bond donors (Lipinski definition) is 0. The third-order valence-corrected chi connectivity index (χ3v) is 9.80. The fraction of sp³-hybridized carbons (Fsp3) is 0.455. The normalized spacial score (nSPS) is 22.1. The Balaban J connectivity index is 1.92. The second-order valence-electron chi connectivity index (χ2n) is 7.64. The van der Waals surface area contributed by atoms with Crippen LogP contribution in [0.15, 0.2) is 60.7 Å². The van der Waals surface area contributed by atoms with Crippen molar-refractivity contribution >= 4 is 9.84 Å². The highest BCUT2D eigenvalue weighted by Crippen LogP contribution is 2.57. The predicted octanol–water partition coefficient (Wildman–Crippen LogP) is 5.34. The lowest BCUT2D eigenvalue weighted by atomic mass is 9.95. The molecule has 0 amide bonds. The molecule has 2 saturated carbocycles. The Hall–Kier alpha value is -1.61. The van der Waals surface area contributed by atoms with Gasteiger partial charge in [-0.25, -0.2) is 8.42 Å². The molecule has 0 aliphatic heterocycles. The summed E-state index contributed by atoms with van der Waals surface area (Å²) in [5, 5.41) is 0. The first-order valence-corrected chi connectivity index (χ1v) is 11.0. The molecule has 4 rings (SSSR count). The molecule has 2 fully saturated rings. The lowest BCUT2D eigenvalue weighted by molar-refractivity contribution is 0.468. The molecule has 2 aliphatic rings. The summed E-state index contributed by atoms with van der Waals surface area (Å²) in [6.45, 7) is 0. The van der Waals surface area contributed by atoms with Gasteiger partial charge in [0.1, 0.15) is 0 Å². The van der Waals surface area contributed by atoms with Crippen molar-refractivity contribution in [2.24, 2.45) is 0 Å². The number of hydrogen-bond acceptors (Lipinski definition) is 2. The summed E-state index contributed by atoms with van der Waals surface area (Å²) >= 11 is 0. The van der Waals surface area contributed by atoms with Crippen LogP contribution in [0.4, 0.5) is 0 Å². The predicted molar refractivity (Wildman–Crippen MR) is 102 cm³/mol. The Morgan fingerprint density at radius 3 is 1.20 bits per heavy atom. The highest BCUT2D eigenvalue weighted by Gasteiger charge is 2.59. The molecule has 0 radical (unpaired) electrons. The van der Waals surface area contributed by atoms with E-state index in [1.165, 1.54) is 0 Å². The maximum Gasteiger partial charge on any atom is 0.169 e. The van der Waals surface area contributed by atoms with E-state index in [2.05, 4.69) is 0 Å². The van der Waals surface area contributed by atoms with E-state index in [-0.39, 0.29) is 0 Å². The summed E-state index contributed by atoms with van der Waals surface area (Å²) in [4.78, 5) is 0. The molecule has 2 nitrogen and oxygen atoms in total. The van der Waals surface area contributed by atoms with Gasteiger partial charge in [-0.3, -0.25) is 0 Å². The van der Waals surface area contributed by atoms with Gasteiger partial charge in [0.15, 0.2) is 9.84 Å². The average Bonchev–Trinajstić information content (AvgIpc) is 3.35. The van der Waals surface area contributed by atoms with Crippen LogP contribution in [0.5, 0.6) is 0 Å². The summed E-state index contributed by atoms with van der Waals surface area (Å²) in [5.74, 6) is 0. The van der Waals surface area contributed by atoms with Crippen LogP contribution in [0.1, 0.15) is 62.5 Å². The Morgan fingerprint density at radius 2 is 0.880 bits per heavy atom. The molecule has 0 atom stereocenters. The molecule has 132 valence electrons. The standard InChI is InChI=1S/C22H26O2S/c23-25(24,21(15-7-8-16-21)19-11-3-1-4-12-19)22(17-9-10-18-22)20-13-5-2-6-14-20/h1-6,11-14H,7-10,15-18H2. The first-order valence-electron chi connectivity index (χ1n) is 9.48. The first kappa shape index (κ1) is 16.8. The third kappa shape index (κ3) is 2.39. The van der Waals surface area contributed by atoms with Crippen molar-refractivity contribution < 1.29 is 8.42 Å². The number of sulfone groups is 1. The van der Waals surface area contributed by atoms with Gasteiger partial charge in [-0.2, -0.15) is 0 Å². The van der Waals surface area contributed by atoms with Gasteiger partial charge in [-0.15, -0.1) is 0 Å². The quantitative estimate of drug-likeness (QED) is 0.742. The molecule has 25 heavy (non-hydrogen) atoms. The summed E-state index contributed by atoms with van der Waals surface area (Å²) in [7, 11) is -3.37. The van der Waals surface area contributed by atoms with Crippen LogP contribution in [-0.2, 0) is 19.3 Å². The van der Waals surface area contributed by atoms with Crippen LogP contribution < -0.4 is 0 Å². The van der Waals surface area contributed by atoms with E-state index in [9.17, 15) is 8.42 Å². The molecule has 0 bridgehead atoms. The minimum atomic E-state index is -3.37. The Bertz CT molecular complexity index is 747. The molecule has 2 aromatic carbocycles. The minimum Gasteiger partial charge on any atom is -0.227 e.